The van der Waals surface area contributed by atoms with Crippen molar-refractivity contribution in [3.63, 3.8) is 0 Å². The van der Waals surface area contributed by atoms with Crippen molar-refractivity contribution in [3.05, 3.63) is 53.3 Å². The molecule has 1 aliphatic rings. The Morgan fingerprint density at radius 3 is 2.48 bits per heavy atom. The third-order valence-electron chi connectivity index (χ3n) is 3.93. The number of halogens is 2. The Kier molecular flexibility index (Phi) is 4.87. The zero-order valence-electron chi connectivity index (χ0n) is 11.8. The van der Waals surface area contributed by atoms with E-state index < -0.39 is 0 Å². The van der Waals surface area contributed by atoms with Gasteiger partial charge in [0.15, 0.2) is 0 Å². The summed E-state index contributed by atoms with van der Waals surface area (Å²) in [4.78, 5) is 1.12. The third kappa shape index (κ3) is 3.81. The maximum atomic E-state index is 13.4. The molecule has 3 heteroatoms. The molecule has 0 spiro atoms. The van der Waals surface area contributed by atoms with E-state index in [9.17, 15) is 4.39 Å². The van der Waals surface area contributed by atoms with Crippen LogP contribution >= 0.6 is 23.4 Å². The molecule has 0 atom stereocenters. The predicted octanol–water partition coefficient (Wildman–Crippen LogP) is 6.57. The highest BCUT2D eigenvalue weighted by molar-refractivity contribution is 8.00. The summed E-state index contributed by atoms with van der Waals surface area (Å²) < 4.78 is 13.4. The molecule has 0 aliphatic heterocycles. The van der Waals surface area contributed by atoms with Crippen LogP contribution in [0.25, 0.3) is 11.1 Å². The lowest BCUT2D eigenvalue weighted by Crippen LogP contribution is -2.07. The fraction of sp³-hybridized carbons (Fsp3) is 0.333. The molecule has 1 aliphatic carbocycles. The lowest BCUT2D eigenvalue weighted by molar-refractivity contribution is 0.516. The van der Waals surface area contributed by atoms with Gasteiger partial charge in [-0.1, -0.05) is 49.1 Å². The summed E-state index contributed by atoms with van der Waals surface area (Å²) in [6.07, 6.45) is 6.53. The summed E-state index contributed by atoms with van der Waals surface area (Å²) in [7, 11) is 0. The lowest BCUT2D eigenvalue weighted by atomic mass is 10.0. The molecule has 0 nitrogen and oxygen atoms in total. The summed E-state index contributed by atoms with van der Waals surface area (Å²) >= 11 is 8.22. The Bertz CT molecular complexity index is 620. The van der Waals surface area contributed by atoms with Gasteiger partial charge in [0, 0.05) is 10.1 Å². The Balaban J connectivity index is 1.85. The Morgan fingerprint density at radius 1 is 0.952 bits per heavy atom. The Morgan fingerprint density at radius 2 is 1.71 bits per heavy atom. The SMILES string of the molecule is Fc1cccc(-c2ccc(Cl)c(SC3CCCCC3)c2)c1. The van der Waals surface area contributed by atoms with Crippen LogP contribution < -0.4 is 0 Å². The van der Waals surface area contributed by atoms with Crippen molar-refractivity contribution < 1.29 is 4.39 Å². The van der Waals surface area contributed by atoms with E-state index in [1.54, 1.807) is 12.1 Å². The van der Waals surface area contributed by atoms with Crippen LogP contribution in [0.4, 0.5) is 4.39 Å². The highest BCUT2D eigenvalue weighted by Crippen LogP contribution is 2.39. The average Bonchev–Trinajstić information content (AvgIpc) is 2.50. The topological polar surface area (TPSA) is 0 Å². The molecule has 0 N–H and O–H groups in total. The highest BCUT2D eigenvalue weighted by atomic mass is 35.5. The van der Waals surface area contributed by atoms with Crippen LogP contribution in [0.15, 0.2) is 47.4 Å². The molecular weight excluding hydrogens is 303 g/mol. The average molecular weight is 321 g/mol. The van der Waals surface area contributed by atoms with E-state index in [2.05, 4.69) is 6.07 Å². The van der Waals surface area contributed by atoms with Gasteiger partial charge in [-0.3, -0.25) is 0 Å². The van der Waals surface area contributed by atoms with Gasteiger partial charge >= 0.3 is 0 Å². The van der Waals surface area contributed by atoms with Crippen LogP contribution in [0.1, 0.15) is 32.1 Å². The summed E-state index contributed by atoms with van der Waals surface area (Å²) in [6.45, 7) is 0. The van der Waals surface area contributed by atoms with Crippen LogP contribution in [-0.4, -0.2) is 5.25 Å². The van der Waals surface area contributed by atoms with Crippen LogP contribution in [0, 0.1) is 5.82 Å². The van der Waals surface area contributed by atoms with Crippen LogP contribution in [-0.2, 0) is 0 Å². The minimum absolute atomic E-state index is 0.205. The molecule has 0 heterocycles. The highest BCUT2D eigenvalue weighted by Gasteiger charge is 2.16. The number of rotatable bonds is 3. The minimum Gasteiger partial charge on any atom is -0.207 e. The second-order valence-corrected chi connectivity index (χ2v) is 7.28. The van der Waals surface area contributed by atoms with Crippen molar-refractivity contribution in [1.82, 2.24) is 0 Å². The molecule has 0 amide bonds. The molecule has 0 bridgehead atoms. The van der Waals surface area contributed by atoms with Gasteiger partial charge in [-0.25, -0.2) is 4.39 Å². The first-order valence-electron chi connectivity index (χ1n) is 7.44. The molecule has 21 heavy (non-hydrogen) atoms. The van der Waals surface area contributed by atoms with Crippen molar-refractivity contribution in [2.24, 2.45) is 0 Å². The van der Waals surface area contributed by atoms with E-state index in [1.165, 1.54) is 38.2 Å². The maximum Gasteiger partial charge on any atom is 0.123 e. The lowest BCUT2D eigenvalue weighted by Gasteiger charge is -2.21. The van der Waals surface area contributed by atoms with Crippen molar-refractivity contribution in [3.8, 4) is 11.1 Å². The first-order valence-corrected chi connectivity index (χ1v) is 8.70. The Labute approximate surface area is 134 Å². The fourth-order valence-corrected chi connectivity index (χ4v) is 4.36. The second kappa shape index (κ2) is 6.85. The molecule has 2 aromatic rings. The molecule has 1 fully saturated rings. The molecule has 110 valence electrons. The van der Waals surface area contributed by atoms with E-state index in [-0.39, 0.29) is 5.82 Å². The first kappa shape index (κ1) is 14.9. The first-order chi connectivity index (χ1) is 10.2. The van der Waals surface area contributed by atoms with Crippen molar-refractivity contribution in [2.45, 2.75) is 42.2 Å². The van der Waals surface area contributed by atoms with Gasteiger partial charge in [0.25, 0.3) is 0 Å². The van der Waals surface area contributed by atoms with E-state index in [0.29, 0.717) is 5.25 Å². The van der Waals surface area contributed by atoms with Crippen LogP contribution in [0.5, 0.6) is 0 Å². The number of hydrogen-bond donors (Lipinski definition) is 0. The smallest absolute Gasteiger partial charge is 0.123 e. The normalized spacial score (nSPS) is 16.1. The van der Waals surface area contributed by atoms with Gasteiger partial charge in [0.1, 0.15) is 5.82 Å². The monoisotopic (exact) mass is 320 g/mol. The van der Waals surface area contributed by atoms with Crippen LogP contribution in [0.3, 0.4) is 0 Å². The van der Waals surface area contributed by atoms with Gasteiger partial charge in [-0.2, -0.15) is 0 Å². The molecular formula is C18H18ClFS. The summed E-state index contributed by atoms with van der Waals surface area (Å²) in [5.74, 6) is -0.205. The molecule has 2 aromatic carbocycles. The Hall–Kier alpha value is -0.990. The molecule has 1 saturated carbocycles. The molecule has 0 saturated heterocycles. The minimum atomic E-state index is -0.205. The molecule has 0 aromatic heterocycles. The van der Waals surface area contributed by atoms with Gasteiger partial charge in [-0.15, -0.1) is 11.8 Å². The van der Waals surface area contributed by atoms with E-state index in [0.717, 1.165) is 21.0 Å². The molecule has 0 unspecified atom stereocenters. The number of benzene rings is 2. The largest absolute Gasteiger partial charge is 0.207 e. The second-order valence-electron chi connectivity index (χ2n) is 5.53. The number of thioether (sulfide) groups is 1. The predicted molar refractivity (Wildman–Crippen MR) is 89.6 cm³/mol. The summed E-state index contributed by atoms with van der Waals surface area (Å²) in [5.41, 5.74) is 1.93. The fourth-order valence-electron chi connectivity index (χ4n) is 2.80. The zero-order valence-corrected chi connectivity index (χ0v) is 13.4. The molecule has 3 rings (SSSR count). The van der Waals surface area contributed by atoms with Gasteiger partial charge in [-0.05, 0) is 48.2 Å². The quantitative estimate of drug-likeness (QED) is 0.616. The van der Waals surface area contributed by atoms with Crippen molar-refractivity contribution >= 4 is 23.4 Å². The summed E-state index contributed by atoms with van der Waals surface area (Å²) in [6, 6.07) is 12.7. The van der Waals surface area contributed by atoms with Crippen molar-refractivity contribution in [2.75, 3.05) is 0 Å². The van der Waals surface area contributed by atoms with Gasteiger partial charge in [0.2, 0.25) is 0 Å². The van der Waals surface area contributed by atoms with Crippen molar-refractivity contribution in [1.29, 1.82) is 0 Å². The zero-order chi connectivity index (χ0) is 14.7. The molecule has 0 radical (unpaired) electrons. The number of hydrogen-bond acceptors (Lipinski definition) is 1. The maximum absolute atomic E-state index is 13.4. The third-order valence-corrected chi connectivity index (χ3v) is 5.77. The summed E-state index contributed by atoms with van der Waals surface area (Å²) in [5, 5.41) is 1.46. The standard InChI is InChI=1S/C18H18ClFS/c19-17-10-9-14(13-5-4-6-15(20)11-13)12-18(17)21-16-7-2-1-3-8-16/h4-6,9-12,16H,1-3,7-8H2. The van der Waals surface area contributed by atoms with E-state index in [1.807, 2.05) is 30.0 Å². The van der Waals surface area contributed by atoms with Crippen LogP contribution in [0.2, 0.25) is 5.02 Å². The van der Waals surface area contributed by atoms with Gasteiger partial charge < -0.3 is 0 Å². The van der Waals surface area contributed by atoms with Gasteiger partial charge in [0.05, 0.1) is 5.02 Å². The van der Waals surface area contributed by atoms with E-state index in [4.69, 9.17) is 11.6 Å². The van der Waals surface area contributed by atoms with E-state index >= 15 is 0 Å².